The third-order valence-electron chi connectivity index (χ3n) is 3.94. The maximum Gasteiger partial charge on any atom is 0.222 e. The highest BCUT2D eigenvalue weighted by Crippen LogP contribution is 2.24. The summed E-state index contributed by atoms with van der Waals surface area (Å²) in [6.45, 7) is 3.09. The third-order valence-corrected chi connectivity index (χ3v) is 3.94. The lowest BCUT2D eigenvalue weighted by atomic mass is 10.2. The normalized spacial score (nSPS) is 11.1. The van der Waals surface area contributed by atoms with Crippen LogP contribution in [0.3, 0.4) is 0 Å². The minimum atomic E-state index is 0.240. The average Bonchev–Trinajstić information content (AvgIpc) is 3.20. The lowest BCUT2D eigenvalue weighted by Gasteiger charge is -2.11. The van der Waals surface area contributed by atoms with Crippen LogP contribution in [0.2, 0.25) is 0 Å². The van der Waals surface area contributed by atoms with Crippen molar-refractivity contribution >= 4 is 22.8 Å². The van der Waals surface area contributed by atoms with Crippen molar-refractivity contribution in [1.29, 1.82) is 0 Å². The number of nitrogen functional groups attached to an aromatic ring is 1. The third kappa shape index (κ3) is 3.16. The Morgan fingerprint density at radius 2 is 2.00 bits per heavy atom. The highest BCUT2D eigenvalue weighted by molar-refractivity contribution is 5.87. The highest BCUT2D eigenvalue weighted by Gasteiger charge is 2.12. The van der Waals surface area contributed by atoms with E-state index >= 15 is 0 Å². The van der Waals surface area contributed by atoms with Crippen molar-refractivity contribution in [2.24, 2.45) is 0 Å². The van der Waals surface area contributed by atoms with Gasteiger partial charge in [-0.2, -0.15) is 4.98 Å². The first-order chi connectivity index (χ1) is 12.2. The topological polar surface area (TPSA) is 94.8 Å². The molecule has 0 bridgehead atoms. The Morgan fingerprint density at radius 3 is 2.76 bits per heavy atom. The van der Waals surface area contributed by atoms with Crippen LogP contribution in [-0.4, -0.2) is 19.7 Å². The van der Waals surface area contributed by atoms with Gasteiger partial charge in [-0.05, 0) is 18.6 Å². The van der Waals surface area contributed by atoms with Gasteiger partial charge in [0.1, 0.15) is 17.0 Å². The summed E-state index contributed by atoms with van der Waals surface area (Å²) in [5, 5.41) is 7.29. The number of anilines is 2. The van der Waals surface area contributed by atoms with E-state index in [2.05, 4.69) is 37.1 Å². The van der Waals surface area contributed by atoms with Gasteiger partial charge in [-0.25, -0.2) is 4.98 Å². The van der Waals surface area contributed by atoms with E-state index in [0.29, 0.717) is 12.4 Å². The van der Waals surface area contributed by atoms with Gasteiger partial charge in [-0.1, -0.05) is 35.5 Å². The first-order valence-corrected chi connectivity index (χ1v) is 8.01. The number of benzene rings is 1. The van der Waals surface area contributed by atoms with E-state index < -0.39 is 0 Å². The monoisotopic (exact) mass is 334 g/mol. The van der Waals surface area contributed by atoms with Crippen LogP contribution in [0.25, 0.3) is 11.0 Å². The molecule has 0 fully saturated rings. The van der Waals surface area contributed by atoms with E-state index in [4.69, 9.17) is 10.3 Å². The van der Waals surface area contributed by atoms with Crippen LogP contribution < -0.4 is 11.1 Å². The molecule has 0 saturated heterocycles. The SMILES string of the molecule is Cc1cc(CNc2nc(N)nc3ccn(Cc4ccccc4)c23)no1. The van der Waals surface area contributed by atoms with Crippen LogP contribution >= 0.6 is 0 Å². The van der Waals surface area contributed by atoms with Gasteiger partial charge in [0.05, 0.1) is 12.1 Å². The number of hydrogen-bond donors (Lipinski definition) is 2. The predicted octanol–water partition coefficient (Wildman–Crippen LogP) is 2.97. The Labute approximate surface area is 144 Å². The fraction of sp³-hybridized carbons (Fsp3) is 0.167. The van der Waals surface area contributed by atoms with E-state index in [1.165, 1.54) is 5.56 Å². The van der Waals surface area contributed by atoms with Gasteiger partial charge in [-0.3, -0.25) is 0 Å². The Kier molecular flexibility index (Phi) is 3.81. The molecule has 25 heavy (non-hydrogen) atoms. The molecule has 0 spiro atoms. The van der Waals surface area contributed by atoms with Crippen molar-refractivity contribution in [1.82, 2.24) is 19.7 Å². The lowest BCUT2D eigenvalue weighted by Crippen LogP contribution is -2.08. The van der Waals surface area contributed by atoms with Gasteiger partial charge in [0.2, 0.25) is 5.95 Å². The Hall–Kier alpha value is -3.35. The molecule has 1 aromatic carbocycles. The maximum atomic E-state index is 5.85. The molecular weight excluding hydrogens is 316 g/mol. The summed E-state index contributed by atoms with van der Waals surface area (Å²) in [7, 11) is 0. The fourth-order valence-corrected chi connectivity index (χ4v) is 2.84. The van der Waals surface area contributed by atoms with Gasteiger partial charge in [0.15, 0.2) is 5.82 Å². The van der Waals surface area contributed by atoms with Gasteiger partial charge in [0.25, 0.3) is 0 Å². The van der Waals surface area contributed by atoms with Crippen molar-refractivity contribution in [2.75, 3.05) is 11.1 Å². The molecule has 4 aromatic rings. The predicted molar refractivity (Wildman–Crippen MR) is 96.1 cm³/mol. The number of rotatable bonds is 5. The minimum absolute atomic E-state index is 0.240. The van der Waals surface area contributed by atoms with Gasteiger partial charge in [-0.15, -0.1) is 0 Å². The summed E-state index contributed by atoms with van der Waals surface area (Å²) in [6.07, 6.45) is 2.00. The van der Waals surface area contributed by atoms with E-state index in [9.17, 15) is 0 Å². The first-order valence-electron chi connectivity index (χ1n) is 8.01. The molecule has 7 heteroatoms. The van der Waals surface area contributed by atoms with Crippen molar-refractivity contribution in [3.05, 3.63) is 65.7 Å². The summed E-state index contributed by atoms with van der Waals surface area (Å²) in [4.78, 5) is 8.70. The van der Waals surface area contributed by atoms with Gasteiger partial charge in [0, 0.05) is 18.8 Å². The molecule has 0 aliphatic carbocycles. The molecular formula is C18H18N6O. The molecule has 0 amide bonds. The van der Waals surface area contributed by atoms with Crippen LogP contribution in [-0.2, 0) is 13.1 Å². The molecule has 7 nitrogen and oxygen atoms in total. The van der Waals surface area contributed by atoms with Crippen LogP contribution in [0.15, 0.2) is 53.2 Å². The first kappa shape index (κ1) is 15.2. The van der Waals surface area contributed by atoms with Crippen molar-refractivity contribution in [3.63, 3.8) is 0 Å². The zero-order valence-electron chi connectivity index (χ0n) is 13.8. The second-order valence-electron chi connectivity index (χ2n) is 5.88. The summed E-state index contributed by atoms with van der Waals surface area (Å²) in [6, 6.07) is 14.1. The Balaban J connectivity index is 1.68. The number of aryl methyl sites for hydroxylation is 1. The molecule has 0 aliphatic rings. The molecule has 0 atom stereocenters. The average molecular weight is 334 g/mol. The van der Waals surface area contributed by atoms with E-state index in [1.54, 1.807) is 0 Å². The summed E-state index contributed by atoms with van der Waals surface area (Å²) < 4.78 is 7.21. The van der Waals surface area contributed by atoms with E-state index in [-0.39, 0.29) is 5.95 Å². The van der Waals surface area contributed by atoms with E-state index in [1.807, 2.05) is 43.5 Å². The number of nitrogens with zero attached hydrogens (tertiary/aromatic N) is 4. The Morgan fingerprint density at radius 1 is 1.16 bits per heavy atom. The molecule has 3 N–H and O–H groups in total. The zero-order valence-corrected chi connectivity index (χ0v) is 13.8. The van der Waals surface area contributed by atoms with Crippen molar-refractivity contribution in [2.45, 2.75) is 20.0 Å². The molecule has 4 rings (SSSR count). The van der Waals surface area contributed by atoms with Gasteiger partial charge >= 0.3 is 0 Å². The second kappa shape index (κ2) is 6.27. The second-order valence-corrected chi connectivity index (χ2v) is 5.88. The number of aromatic nitrogens is 4. The van der Waals surface area contributed by atoms with Crippen LogP contribution in [0.5, 0.6) is 0 Å². The lowest BCUT2D eigenvalue weighted by molar-refractivity contribution is 0.391. The number of fused-ring (bicyclic) bond motifs is 1. The number of nitrogens with two attached hydrogens (primary N) is 1. The standard InChI is InChI=1S/C18H18N6O/c1-12-9-14(23-25-12)10-20-17-16-15(21-18(19)22-17)7-8-24(16)11-13-5-3-2-4-6-13/h2-9H,10-11H2,1H3,(H3,19,20,21,22). The quantitative estimate of drug-likeness (QED) is 0.582. The van der Waals surface area contributed by atoms with Gasteiger partial charge < -0.3 is 20.1 Å². The van der Waals surface area contributed by atoms with E-state index in [0.717, 1.165) is 29.0 Å². The molecule has 0 radical (unpaired) electrons. The van der Waals surface area contributed by atoms with Crippen LogP contribution in [0, 0.1) is 6.92 Å². The smallest absolute Gasteiger partial charge is 0.222 e. The number of hydrogen-bond acceptors (Lipinski definition) is 6. The molecule has 3 heterocycles. The van der Waals surface area contributed by atoms with Crippen LogP contribution in [0.4, 0.5) is 11.8 Å². The summed E-state index contributed by atoms with van der Waals surface area (Å²) >= 11 is 0. The molecule has 3 aromatic heterocycles. The highest BCUT2D eigenvalue weighted by atomic mass is 16.5. The molecule has 0 aliphatic heterocycles. The summed E-state index contributed by atoms with van der Waals surface area (Å²) in [5.74, 6) is 1.70. The zero-order chi connectivity index (χ0) is 17.2. The summed E-state index contributed by atoms with van der Waals surface area (Å²) in [5.41, 5.74) is 9.59. The molecule has 0 saturated carbocycles. The van der Waals surface area contributed by atoms with Crippen LogP contribution in [0.1, 0.15) is 17.0 Å². The number of nitrogens with one attached hydrogen (secondary N) is 1. The maximum absolute atomic E-state index is 5.85. The van der Waals surface area contributed by atoms with Crippen molar-refractivity contribution < 1.29 is 4.52 Å². The fourth-order valence-electron chi connectivity index (χ4n) is 2.84. The minimum Gasteiger partial charge on any atom is -0.368 e. The molecule has 126 valence electrons. The van der Waals surface area contributed by atoms with Crippen molar-refractivity contribution in [3.8, 4) is 0 Å². The largest absolute Gasteiger partial charge is 0.368 e. The Bertz CT molecular complexity index is 1010. The molecule has 0 unspecified atom stereocenters.